The van der Waals surface area contributed by atoms with E-state index in [9.17, 15) is 0 Å². The number of benzene rings is 1. The fraction of sp³-hybridized carbons (Fsp3) is 0.231. The minimum absolute atomic E-state index is 0.822. The van der Waals surface area contributed by atoms with Crippen molar-refractivity contribution in [1.82, 2.24) is 9.97 Å². The predicted molar refractivity (Wildman–Crippen MR) is 64.6 cm³/mol. The number of hydrogen-bond acceptors (Lipinski definition) is 2. The van der Waals surface area contributed by atoms with Gasteiger partial charge in [0.15, 0.2) is 0 Å². The molecule has 2 nitrogen and oxygen atoms in total. The first kappa shape index (κ1) is 13.3. The van der Waals surface area contributed by atoms with Crippen molar-refractivity contribution >= 4 is 0 Å². The largest absolute Gasteiger partial charge is 0.242 e. The third-order valence-corrected chi connectivity index (χ3v) is 1.36. The monoisotopic (exact) mass is 202 g/mol. The van der Waals surface area contributed by atoms with Crippen molar-refractivity contribution in [3.63, 3.8) is 0 Å². The molecule has 1 heterocycles. The Bertz CT molecular complexity index is 279. The van der Waals surface area contributed by atoms with Crippen LogP contribution in [0.1, 0.15) is 19.7 Å². The topological polar surface area (TPSA) is 25.8 Å². The second-order valence-corrected chi connectivity index (χ2v) is 2.45. The molecule has 15 heavy (non-hydrogen) atoms. The van der Waals surface area contributed by atoms with E-state index in [4.69, 9.17) is 0 Å². The van der Waals surface area contributed by atoms with E-state index in [1.54, 1.807) is 18.5 Å². The Labute approximate surface area is 92.0 Å². The van der Waals surface area contributed by atoms with E-state index in [1.165, 1.54) is 0 Å². The van der Waals surface area contributed by atoms with Gasteiger partial charge in [-0.05, 0) is 13.0 Å². The minimum atomic E-state index is 0.822. The van der Waals surface area contributed by atoms with Crippen molar-refractivity contribution in [3.05, 3.63) is 60.7 Å². The number of nitrogens with zero attached hydrogens (tertiary/aromatic N) is 2. The van der Waals surface area contributed by atoms with Crippen LogP contribution < -0.4 is 0 Å². The molecule has 0 bridgehead atoms. The molecule has 1 aromatic heterocycles. The lowest BCUT2D eigenvalue weighted by Gasteiger charge is -1.81. The molecule has 2 aromatic rings. The zero-order chi connectivity index (χ0) is 11.4. The van der Waals surface area contributed by atoms with Gasteiger partial charge >= 0.3 is 0 Å². The fourth-order valence-corrected chi connectivity index (χ4v) is 0.759. The Balaban J connectivity index is 0.000000227. The van der Waals surface area contributed by atoms with E-state index in [1.807, 2.05) is 57.2 Å². The molecule has 0 fully saturated rings. The van der Waals surface area contributed by atoms with Crippen LogP contribution in [0.4, 0.5) is 0 Å². The predicted octanol–water partition coefficient (Wildman–Crippen LogP) is 3.50. The smallest absolute Gasteiger partial charge is 0.125 e. The lowest BCUT2D eigenvalue weighted by Crippen LogP contribution is -1.80. The summed E-state index contributed by atoms with van der Waals surface area (Å²) in [5.41, 5.74) is 0. The fourth-order valence-electron chi connectivity index (χ4n) is 0.759. The Hall–Kier alpha value is -1.70. The summed E-state index contributed by atoms with van der Waals surface area (Å²) in [6.45, 7) is 5.86. The first-order chi connectivity index (χ1) is 7.39. The van der Waals surface area contributed by atoms with E-state index in [-0.39, 0.29) is 0 Å². The van der Waals surface area contributed by atoms with E-state index in [0.29, 0.717) is 0 Å². The lowest BCUT2D eigenvalue weighted by molar-refractivity contribution is 1.05. The molecule has 0 saturated heterocycles. The van der Waals surface area contributed by atoms with Crippen LogP contribution in [-0.2, 0) is 0 Å². The van der Waals surface area contributed by atoms with E-state index in [0.717, 1.165) is 5.82 Å². The number of aromatic nitrogens is 2. The number of rotatable bonds is 0. The SMILES string of the molecule is CC.Cc1ncccn1.c1ccccc1. The van der Waals surface area contributed by atoms with Gasteiger partial charge in [-0.3, -0.25) is 0 Å². The highest BCUT2D eigenvalue weighted by Crippen LogP contribution is 1.80. The molecule has 0 N–H and O–H groups in total. The van der Waals surface area contributed by atoms with Crippen molar-refractivity contribution in [3.8, 4) is 0 Å². The summed E-state index contributed by atoms with van der Waals surface area (Å²) >= 11 is 0. The van der Waals surface area contributed by atoms with E-state index < -0.39 is 0 Å². The summed E-state index contributed by atoms with van der Waals surface area (Å²) in [5.74, 6) is 0.822. The molecule has 0 aliphatic carbocycles. The minimum Gasteiger partial charge on any atom is -0.242 e. The number of aryl methyl sites for hydroxylation is 1. The summed E-state index contributed by atoms with van der Waals surface area (Å²) in [7, 11) is 0. The van der Waals surface area contributed by atoms with Crippen LogP contribution in [0, 0.1) is 6.92 Å². The second-order valence-electron chi connectivity index (χ2n) is 2.45. The standard InChI is InChI=1S/C6H6.C5H6N2.C2H6/c1-2-4-6-5-3-1;1-5-6-3-2-4-7-5;1-2/h1-6H;2-4H,1H3;1-2H3. The van der Waals surface area contributed by atoms with Crippen LogP contribution in [-0.4, -0.2) is 9.97 Å². The Kier molecular flexibility index (Phi) is 9.20. The maximum absolute atomic E-state index is 3.87. The normalized spacial score (nSPS) is 7.67. The first-order valence-corrected chi connectivity index (χ1v) is 5.13. The maximum atomic E-state index is 3.87. The molecule has 2 rings (SSSR count). The van der Waals surface area contributed by atoms with Crippen LogP contribution in [0.3, 0.4) is 0 Å². The van der Waals surface area contributed by atoms with Crippen LogP contribution in [0.2, 0.25) is 0 Å². The van der Waals surface area contributed by atoms with Crippen molar-refractivity contribution < 1.29 is 0 Å². The Morgan fingerprint density at radius 1 is 0.667 bits per heavy atom. The second kappa shape index (κ2) is 10.4. The van der Waals surface area contributed by atoms with Gasteiger partial charge in [-0.15, -0.1) is 0 Å². The van der Waals surface area contributed by atoms with Crippen molar-refractivity contribution in [2.45, 2.75) is 20.8 Å². The molecule has 0 saturated carbocycles. The quantitative estimate of drug-likeness (QED) is 0.653. The Morgan fingerprint density at radius 3 is 1.20 bits per heavy atom. The van der Waals surface area contributed by atoms with Crippen LogP contribution >= 0.6 is 0 Å². The highest BCUT2D eigenvalue weighted by atomic mass is 14.8. The van der Waals surface area contributed by atoms with Crippen molar-refractivity contribution in [1.29, 1.82) is 0 Å². The first-order valence-electron chi connectivity index (χ1n) is 5.13. The maximum Gasteiger partial charge on any atom is 0.125 e. The lowest BCUT2D eigenvalue weighted by atomic mass is 10.4. The molecule has 0 aliphatic rings. The van der Waals surface area contributed by atoms with Crippen molar-refractivity contribution in [2.75, 3.05) is 0 Å². The zero-order valence-corrected chi connectivity index (χ0v) is 9.59. The molecule has 2 heteroatoms. The third kappa shape index (κ3) is 8.63. The molecule has 0 amide bonds. The molecule has 0 aliphatic heterocycles. The highest BCUT2D eigenvalue weighted by Gasteiger charge is 1.74. The van der Waals surface area contributed by atoms with Gasteiger partial charge in [-0.2, -0.15) is 0 Å². The summed E-state index contributed by atoms with van der Waals surface area (Å²) in [5, 5.41) is 0. The molecular formula is C13H18N2. The Morgan fingerprint density at radius 2 is 1.00 bits per heavy atom. The van der Waals surface area contributed by atoms with Crippen LogP contribution in [0.15, 0.2) is 54.9 Å². The summed E-state index contributed by atoms with van der Waals surface area (Å²) in [4.78, 5) is 7.74. The molecule has 80 valence electrons. The van der Waals surface area contributed by atoms with Gasteiger partial charge < -0.3 is 0 Å². The average Bonchev–Trinajstić information content (AvgIpc) is 2.36. The molecule has 0 spiro atoms. The van der Waals surface area contributed by atoms with Gasteiger partial charge in [0.2, 0.25) is 0 Å². The molecule has 0 radical (unpaired) electrons. The van der Waals surface area contributed by atoms with Gasteiger partial charge in [-0.1, -0.05) is 50.2 Å². The molecule has 0 unspecified atom stereocenters. The van der Waals surface area contributed by atoms with Crippen LogP contribution in [0.25, 0.3) is 0 Å². The van der Waals surface area contributed by atoms with E-state index >= 15 is 0 Å². The third-order valence-electron chi connectivity index (χ3n) is 1.36. The average molecular weight is 202 g/mol. The summed E-state index contributed by atoms with van der Waals surface area (Å²) in [6, 6.07) is 13.8. The highest BCUT2D eigenvalue weighted by molar-refractivity contribution is 4.99. The zero-order valence-electron chi connectivity index (χ0n) is 9.59. The van der Waals surface area contributed by atoms with Gasteiger partial charge in [0.25, 0.3) is 0 Å². The molecule has 0 atom stereocenters. The number of hydrogen-bond donors (Lipinski definition) is 0. The van der Waals surface area contributed by atoms with Gasteiger partial charge in [0.1, 0.15) is 5.82 Å². The van der Waals surface area contributed by atoms with Crippen molar-refractivity contribution in [2.24, 2.45) is 0 Å². The molecule has 1 aromatic carbocycles. The van der Waals surface area contributed by atoms with Gasteiger partial charge in [-0.25, -0.2) is 9.97 Å². The van der Waals surface area contributed by atoms with Gasteiger partial charge in [0, 0.05) is 12.4 Å². The van der Waals surface area contributed by atoms with Crippen LogP contribution in [0.5, 0.6) is 0 Å². The van der Waals surface area contributed by atoms with E-state index in [2.05, 4.69) is 9.97 Å². The van der Waals surface area contributed by atoms with Gasteiger partial charge in [0.05, 0.1) is 0 Å². The molecular weight excluding hydrogens is 184 g/mol. The summed E-state index contributed by atoms with van der Waals surface area (Å²) in [6.07, 6.45) is 3.45. The summed E-state index contributed by atoms with van der Waals surface area (Å²) < 4.78 is 0.